The molecule has 0 aromatic rings. The fraction of sp³-hybridized carbons (Fsp3) is 0.933. The van der Waals surface area contributed by atoms with Crippen LogP contribution in [0.25, 0.3) is 0 Å². The second kappa shape index (κ2) is 9.09. The van der Waals surface area contributed by atoms with Gasteiger partial charge in [-0.3, -0.25) is 0 Å². The number of amides is 2. The first-order valence-corrected chi connectivity index (χ1v) is 10.5. The van der Waals surface area contributed by atoms with Crippen molar-refractivity contribution in [2.24, 2.45) is 5.92 Å². The van der Waals surface area contributed by atoms with E-state index in [-0.39, 0.29) is 25.6 Å². The Hall–Kier alpha value is -1.00. The van der Waals surface area contributed by atoms with Gasteiger partial charge in [0.15, 0.2) is 0 Å². The summed E-state index contributed by atoms with van der Waals surface area (Å²) >= 11 is 0. The van der Waals surface area contributed by atoms with Crippen LogP contribution in [-0.4, -0.2) is 70.4 Å². The number of halogens is 2. The molecule has 0 spiro atoms. The number of nitrogens with one attached hydrogen (secondary N) is 2. The Morgan fingerprint density at radius 3 is 2.56 bits per heavy atom. The lowest BCUT2D eigenvalue weighted by atomic mass is 9.84. The molecular weight excluding hydrogens is 356 g/mol. The number of nitrogens with zero attached hydrogens (tertiary/aromatic N) is 1. The Kier molecular flexibility index (Phi) is 7.38. The van der Waals surface area contributed by atoms with Gasteiger partial charge in [0.05, 0.1) is 31.6 Å². The molecular formula is C15H27F2N3O4S. The molecule has 0 radical (unpaired) electrons. The van der Waals surface area contributed by atoms with E-state index in [1.54, 1.807) is 0 Å². The largest absolute Gasteiger partial charge is 0.377 e. The van der Waals surface area contributed by atoms with Crippen LogP contribution in [0, 0.1) is 5.92 Å². The fourth-order valence-electron chi connectivity index (χ4n) is 3.44. The van der Waals surface area contributed by atoms with E-state index < -0.39 is 34.6 Å². The highest BCUT2D eigenvalue weighted by Crippen LogP contribution is 2.29. The Balaban J connectivity index is 1.99. The Morgan fingerprint density at radius 2 is 1.96 bits per heavy atom. The van der Waals surface area contributed by atoms with Gasteiger partial charge in [0.1, 0.15) is 0 Å². The van der Waals surface area contributed by atoms with Crippen molar-refractivity contribution < 1.29 is 26.7 Å². The standard InChI is InChI=1S/C15H27F2N3O4S/c1-25(22,23)18-9-12-10-24-8-7-20(12)15(21)19-13(14(16)17)11-5-3-2-4-6-11/h11-14,18H,2-10H2,1H3,(H,19,21). The number of ether oxygens (including phenoxy) is 1. The first-order valence-electron chi connectivity index (χ1n) is 8.65. The van der Waals surface area contributed by atoms with Crippen LogP contribution in [0.3, 0.4) is 0 Å². The zero-order chi connectivity index (χ0) is 18.4. The average molecular weight is 383 g/mol. The molecule has 7 nitrogen and oxygen atoms in total. The van der Waals surface area contributed by atoms with Crippen molar-refractivity contribution in [1.29, 1.82) is 0 Å². The van der Waals surface area contributed by atoms with Crippen molar-refractivity contribution in [2.75, 3.05) is 32.6 Å². The zero-order valence-corrected chi connectivity index (χ0v) is 15.2. The summed E-state index contributed by atoms with van der Waals surface area (Å²) in [7, 11) is -3.41. The van der Waals surface area contributed by atoms with Gasteiger partial charge in [0.2, 0.25) is 10.0 Å². The minimum atomic E-state index is -3.41. The van der Waals surface area contributed by atoms with Gasteiger partial charge in [0.25, 0.3) is 6.43 Å². The minimum absolute atomic E-state index is 0.00493. The molecule has 1 saturated carbocycles. The normalized spacial score (nSPS) is 24.3. The third-order valence-electron chi connectivity index (χ3n) is 4.79. The van der Waals surface area contributed by atoms with Gasteiger partial charge in [-0.1, -0.05) is 19.3 Å². The molecule has 1 heterocycles. The average Bonchev–Trinajstić information content (AvgIpc) is 2.57. The van der Waals surface area contributed by atoms with Crippen LogP contribution < -0.4 is 10.0 Å². The van der Waals surface area contributed by atoms with Gasteiger partial charge in [-0.2, -0.15) is 0 Å². The van der Waals surface area contributed by atoms with Gasteiger partial charge in [-0.25, -0.2) is 26.7 Å². The van der Waals surface area contributed by atoms with Crippen molar-refractivity contribution >= 4 is 16.1 Å². The van der Waals surface area contributed by atoms with E-state index in [0.29, 0.717) is 19.4 Å². The molecule has 2 aliphatic rings. The summed E-state index contributed by atoms with van der Waals surface area (Å²) in [4.78, 5) is 13.9. The summed E-state index contributed by atoms with van der Waals surface area (Å²) in [6, 6.07) is -2.27. The summed E-state index contributed by atoms with van der Waals surface area (Å²) in [5, 5.41) is 2.49. The van der Waals surface area contributed by atoms with Crippen molar-refractivity contribution in [1.82, 2.24) is 14.9 Å². The Morgan fingerprint density at radius 1 is 1.28 bits per heavy atom. The molecule has 0 aromatic carbocycles. The topological polar surface area (TPSA) is 87.7 Å². The third-order valence-corrected chi connectivity index (χ3v) is 5.48. The predicted molar refractivity (Wildman–Crippen MR) is 89.1 cm³/mol. The minimum Gasteiger partial charge on any atom is -0.377 e. The molecule has 2 unspecified atom stereocenters. The summed E-state index contributed by atoms with van der Waals surface area (Å²) in [5.74, 6) is -0.216. The van der Waals surface area contributed by atoms with Crippen LogP contribution in [0.5, 0.6) is 0 Å². The zero-order valence-electron chi connectivity index (χ0n) is 14.4. The van der Waals surface area contributed by atoms with Gasteiger partial charge < -0.3 is 15.0 Å². The molecule has 1 aliphatic heterocycles. The number of carbonyl (C=O) groups excluding carboxylic acids is 1. The van der Waals surface area contributed by atoms with Crippen LogP contribution in [0.2, 0.25) is 0 Å². The predicted octanol–water partition coefficient (Wildman–Crippen LogP) is 1.16. The first kappa shape index (κ1) is 20.3. The SMILES string of the molecule is CS(=O)(=O)NCC1COCCN1C(=O)NC(C(F)F)C1CCCCC1. The quantitative estimate of drug-likeness (QED) is 0.721. The number of morpholine rings is 1. The van der Waals surface area contributed by atoms with E-state index in [1.807, 2.05) is 0 Å². The lowest BCUT2D eigenvalue weighted by molar-refractivity contribution is 0.00800. The molecule has 2 fully saturated rings. The van der Waals surface area contributed by atoms with Crippen LogP contribution in [0.15, 0.2) is 0 Å². The number of alkyl halides is 2. The van der Waals surface area contributed by atoms with Crippen LogP contribution in [0.4, 0.5) is 13.6 Å². The highest BCUT2D eigenvalue weighted by molar-refractivity contribution is 7.88. The number of rotatable bonds is 6. The number of carbonyl (C=O) groups is 1. The van der Waals surface area contributed by atoms with Crippen molar-refractivity contribution in [3.63, 3.8) is 0 Å². The maximum atomic E-state index is 13.5. The lowest BCUT2D eigenvalue weighted by Crippen LogP contribution is -2.59. The molecule has 146 valence electrons. The summed E-state index contributed by atoms with van der Waals surface area (Å²) in [6.07, 6.45) is 2.64. The van der Waals surface area contributed by atoms with E-state index >= 15 is 0 Å². The summed E-state index contributed by atoms with van der Waals surface area (Å²) in [6.45, 7) is 0.696. The molecule has 2 amide bonds. The molecule has 1 saturated heterocycles. The highest BCUT2D eigenvalue weighted by Gasteiger charge is 2.35. The highest BCUT2D eigenvalue weighted by atomic mass is 32.2. The van der Waals surface area contributed by atoms with E-state index in [1.165, 1.54) is 4.90 Å². The van der Waals surface area contributed by atoms with Crippen molar-refractivity contribution in [3.05, 3.63) is 0 Å². The number of hydrogen-bond donors (Lipinski definition) is 2. The van der Waals surface area contributed by atoms with Gasteiger partial charge in [-0.05, 0) is 18.8 Å². The molecule has 2 atom stereocenters. The Bertz CT molecular complexity index is 541. The molecule has 25 heavy (non-hydrogen) atoms. The summed E-state index contributed by atoms with van der Waals surface area (Å²) < 4.78 is 57.1. The van der Waals surface area contributed by atoms with E-state index in [2.05, 4.69) is 10.0 Å². The monoisotopic (exact) mass is 383 g/mol. The first-order chi connectivity index (χ1) is 11.8. The molecule has 10 heteroatoms. The van der Waals surface area contributed by atoms with Crippen LogP contribution >= 0.6 is 0 Å². The maximum absolute atomic E-state index is 13.5. The van der Waals surface area contributed by atoms with Gasteiger partial charge in [-0.15, -0.1) is 0 Å². The molecule has 0 bridgehead atoms. The van der Waals surface area contributed by atoms with Crippen molar-refractivity contribution in [2.45, 2.75) is 50.6 Å². The summed E-state index contributed by atoms with van der Waals surface area (Å²) in [5.41, 5.74) is 0. The second-order valence-corrected chi connectivity index (χ2v) is 8.58. The van der Waals surface area contributed by atoms with E-state index in [4.69, 9.17) is 4.74 Å². The van der Waals surface area contributed by atoms with E-state index in [9.17, 15) is 22.0 Å². The molecule has 1 aliphatic carbocycles. The number of hydrogen-bond acceptors (Lipinski definition) is 4. The number of sulfonamides is 1. The molecule has 2 rings (SSSR count). The van der Waals surface area contributed by atoms with Gasteiger partial charge in [0, 0.05) is 13.1 Å². The number of urea groups is 1. The molecule has 2 N–H and O–H groups in total. The Labute approximate surface area is 147 Å². The lowest BCUT2D eigenvalue weighted by Gasteiger charge is -2.38. The van der Waals surface area contributed by atoms with E-state index in [0.717, 1.165) is 25.5 Å². The smallest absolute Gasteiger partial charge is 0.318 e. The van der Waals surface area contributed by atoms with Gasteiger partial charge >= 0.3 is 6.03 Å². The fourth-order valence-corrected chi connectivity index (χ4v) is 3.94. The second-order valence-electron chi connectivity index (χ2n) is 6.75. The maximum Gasteiger partial charge on any atom is 0.318 e. The van der Waals surface area contributed by atoms with Crippen LogP contribution in [0.1, 0.15) is 32.1 Å². The molecule has 0 aromatic heterocycles. The third kappa shape index (κ3) is 6.34. The van der Waals surface area contributed by atoms with Crippen LogP contribution in [-0.2, 0) is 14.8 Å². The van der Waals surface area contributed by atoms with Crippen molar-refractivity contribution in [3.8, 4) is 0 Å².